The predicted molar refractivity (Wildman–Crippen MR) is 125 cm³/mol. The Balaban J connectivity index is 1.88. The molecule has 0 aliphatic rings. The maximum Gasteiger partial charge on any atom is 0.407 e. The van der Waals surface area contributed by atoms with Gasteiger partial charge in [0.15, 0.2) is 0 Å². The Morgan fingerprint density at radius 2 is 1.90 bits per heavy atom. The van der Waals surface area contributed by atoms with Crippen molar-refractivity contribution in [3.05, 3.63) is 79.4 Å². The molecule has 0 bridgehead atoms. The number of nitrogens with one attached hydrogen (secondary N) is 1. The number of nitro groups is 1. The molecule has 31 heavy (non-hydrogen) atoms. The summed E-state index contributed by atoms with van der Waals surface area (Å²) in [6, 6.07) is 12.8. The lowest BCUT2D eigenvalue weighted by Crippen LogP contribution is -2.24. The summed E-state index contributed by atoms with van der Waals surface area (Å²) in [7, 11) is -0.843. The lowest BCUT2D eigenvalue weighted by Gasteiger charge is -2.10. The smallest absolute Gasteiger partial charge is 0.407 e. The number of hydrogen-bond donors (Lipinski definition) is 2. The van der Waals surface area contributed by atoms with Gasteiger partial charge in [-0.2, -0.15) is 9.78 Å². The topological polar surface area (TPSA) is 110 Å². The van der Waals surface area contributed by atoms with Crippen molar-refractivity contribution in [2.75, 3.05) is 5.23 Å². The molecule has 2 N–H and O–H groups in total. The Hall–Kier alpha value is -2.86. The molecule has 2 aromatic carbocycles. The monoisotopic (exact) mass is 472 g/mol. The van der Waals surface area contributed by atoms with Crippen LogP contribution in [-0.2, 0) is 0 Å². The largest absolute Gasteiger partial charge is 0.433 e. The Bertz CT molecular complexity index is 1320. The number of nitro benzene ring substituents is 1. The van der Waals surface area contributed by atoms with Gasteiger partial charge in [0.05, 0.1) is 21.0 Å². The molecule has 0 atom stereocenters. The second kappa shape index (κ2) is 8.71. The fourth-order valence-corrected chi connectivity index (χ4v) is 5.01. The summed E-state index contributed by atoms with van der Waals surface area (Å²) in [6.07, 6.45) is 0. The molecule has 2 aromatic heterocycles. The van der Waals surface area contributed by atoms with Crippen LogP contribution in [0.3, 0.4) is 0 Å². The highest BCUT2D eigenvalue weighted by Crippen LogP contribution is 2.37. The molecule has 12 heteroatoms. The van der Waals surface area contributed by atoms with Crippen LogP contribution in [0, 0.1) is 10.1 Å². The van der Waals surface area contributed by atoms with Gasteiger partial charge in [-0.1, -0.05) is 23.4 Å². The van der Waals surface area contributed by atoms with Gasteiger partial charge in [0, 0.05) is 32.8 Å². The van der Waals surface area contributed by atoms with Gasteiger partial charge < -0.3 is 10.3 Å². The molecule has 0 saturated heterocycles. The van der Waals surface area contributed by atoms with Crippen molar-refractivity contribution in [3.8, 4) is 5.69 Å². The first-order chi connectivity index (χ1) is 14.8. The van der Waals surface area contributed by atoms with Crippen molar-refractivity contribution < 1.29 is 9.95 Å². The van der Waals surface area contributed by atoms with Gasteiger partial charge in [0.25, 0.3) is 11.2 Å². The molecule has 2 heterocycles. The number of non-ortho nitro benzene ring substituents is 1. The third-order valence-corrected chi connectivity index (χ3v) is 6.46. The Morgan fingerprint density at radius 1 is 1.23 bits per heavy atom. The molecule has 4 rings (SSSR count). The molecule has 0 fully saturated rings. The van der Waals surface area contributed by atoms with E-state index in [9.17, 15) is 19.9 Å². The van der Waals surface area contributed by atoms with Crippen molar-refractivity contribution >= 4 is 63.2 Å². The maximum atomic E-state index is 13.3. The molecule has 0 unspecified atom stereocenters. The molecule has 0 saturated carbocycles. The average Bonchev–Trinajstić information content (AvgIpc) is 3.15. The van der Waals surface area contributed by atoms with E-state index in [2.05, 4.69) is 10.3 Å². The normalized spacial score (nSPS) is 10.9. The van der Waals surface area contributed by atoms with E-state index < -0.39 is 12.0 Å². The number of aromatic nitrogens is 2. The second-order valence-electron chi connectivity index (χ2n) is 6.53. The minimum Gasteiger partial charge on any atom is -0.433 e. The van der Waals surface area contributed by atoms with Gasteiger partial charge in [-0.25, -0.2) is 0 Å². The summed E-state index contributed by atoms with van der Waals surface area (Å²) < 4.78 is 1.28. The lowest BCUT2D eigenvalue weighted by molar-refractivity contribution is -0.384. The first-order valence-corrected chi connectivity index (χ1v) is 11.1. The molecular formula is C19H14BClN4O4S2. The van der Waals surface area contributed by atoms with E-state index in [4.69, 9.17) is 11.6 Å². The zero-order valence-electron chi connectivity index (χ0n) is 16.0. The minimum absolute atomic E-state index is 0.00690. The van der Waals surface area contributed by atoms with E-state index >= 15 is 0 Å². The van der Waals surface area contributed by atoms with Gasteiger partial charge in [0.1, 0.15) is 5.03 Å². The van der Waals surface area contributed by atoms with Crippen molar-refractivity contribution in [2.24, 2.45) is 0 Å². The number of anilines is 1. The first-order valence-electron chi connectivity index (χ1n) is 9.01. The van der Waals surface area contributed by atoms with Crippen LogP contribution in [-0.4, -0.2) is 26.8 Å². The van der Waals surface area contributed by atoms with Gasteiger partial charge in [-0.15, -0.1) is 11.3 Å². The van der Waals surface area contributed by atoms with E-state index in [1.807, 2.05) is 0 Å². The average molecular weight is 473 g/mol. The SMILES string of the molecule is CB(O)Nc1scc2c(Sc3ccc([N+](=O)[O-])cc3)nn(-c3ccc(Cl)cc3)c(=O)c12. The zero-order chi connectivity index (χ0) is 22.1. The van der Waals surface area contributed by atoms with Crippen molar-refractivity contribution in [3.63, 3.8) is 0 Å². The summed E-state index contributed by atoms with van der Waals surface area (Å²) in [5.41, 5.74) is 0.193. The number of nitrogens with zero attached hydrogens (tertiary/aromatic N) is 3. The predicted octanol–water partition coefficient (Wildman–Crippen LogP) is 4.68. The quantitative estimate of drug-likeness (QED) is 0.238. The number of benzene rings is 2. The highest BCUT2D eigenvalue weighted by atomic mass is 35.5. The van der Waals surface area contributed by atoms with Crippen LogP contribution in [0.4, 0.5) is 10.7 Å². The number of halogens is 1. The first kappa shape index (κ1) is 21.4. The van der Waals surface area contributed by atoms with E-state index in [0.29, 0.717) is 31.5 Å². The van der Waals surface area contributed by atoms with Gasteiger partial charge in [-0.05, 0) is 43.2 Å². The maximum absolute atomic E-state index is 13.3. The molecular weight excluding hydrogens is 459 g/mol. The van der Waals surface area contributed by atoms with Crippen LogP contribution in [0.1, 0.15) is 0 Å². The molecule has 0 spiro atoms. The molecule has 0 amide bonds. The number of hydrogen-bond acceptors (Lipinski definition) is 8. The van der Waals surface area contributed by atoms with E-state index in [1.54, 1.807) is 48.6 Å². The van der Waals surface area contributed by atoms with Gasteiger partial charge in [-0.3, -0.25) is 14.9 Å². The van der Waals surface area contributed by atoms with Crippen LogP contribution in [0.15, 0.2) is 68.6 Å². The highest BCUT2D eigenvalue weighted by molar-refractivity contribution is 7.99. The highest BCUT2D eigenvalue weighted by Gasteiger charge is 2.20. The fourth-order valence-electron chi connectivity index (χ4n) is 2.90. The van der Waals surface area contributed by atoms with Crippen LogP contribution in [0.25, 0.3) is 16.5 Å². The molecule has 0 aliphatic carbocycles. The summed E-state index contributed by atoms with van der Waals surface area (Å²) in [5, 5.41) is 32.6. The lowest BCUT2D eigenvalue weighted by atomic mass is 9.89. The Kier molecular flexibility index (Phi) is 6.01. The molecule has 8 nitrogen and oxygen atoms in total. The Morgan fingerprint density at radius 3 is 2.52 bits per heavy atom. The van der Waals surface area contributed by atoms with Crippen molar-refractivity contribution in [1.29, 1.82) is 0 Å². The molecule has 156 valence electrons. The summed E-state index contributed by atoms with van der Waals surface area (Å²) in [4.78, 5) is 24.5. The standard InChI is InChI=1S/C19H14BClN4O4S2/c1-20(27)22-18-16-15(10-30-18)17(31-14-8-6-13(7-9-14)25(28)29)23-24(19(16)26)12-4-2-11(21)3-5-12/h2-10,22,27H,1H3. The number of fused-ring (bicyclic) bond motifs is 1. The third kappa shape index (κ3) is 4.44. The van der Waals surface area contributed by atoms with Crippen LogP contribution in [0.5, 0.6) is 0 Å². The second-order valence-corrected chi connectivity index (χ2v) is 8.90. The summed E-state index contributed by atoms with van der Waals surface area (Å²) in [6.45, 7) is 1.57. The van der Waals surface area contributed by atoms with Crippen LogP contribution in [0.2, 0.25) is 11.8 Å². The fraction of sp³-hybridized carbons (Fsp3) is 0.0526. The van der Waals surface area contributed by atoms with Gasteiger partial charge >= 0.3 is 7.05 Å². The summed E-state index contributed by atoms with van der Waals surface area (Å²) >= 11 is 8.56. The molecule has 0 aliphatic heterocycles. The Labute approximate surface area is 189 Å². The van der Waals surface area contributed by atoms with Crippen LogP contribution >= 0.6 is 34.7 Å². The number of rotatable bonds is 6. The number of thiophene rings is 1. The van der Waals surface area contributed by atoms with E-state index in [0.717, 1.165) is 4.90 Å². The third-order valence-electron chi connectivity index (χ3n) is 4.29. The molecule has 4 aromatic rings. The summed E-state index contributed by atoms with van der Waals surface area (Å²) in [5.74, 6) is 0. The van der Waals surface area contributed by atoms with Crippen LogP contribution < -0.4 is 10.8 Å². The van der Waals surface area contributed by atoms with Crippen molar-refractivity contribution in [2.45, 2.75) is 16.7 Å². The van der Waals surface area contributed by atoms with E-state index in [1.165, 1.54) is 39.9 Å². The zero-order valence-corrected chi connectivity index (χ0v) is 18.4. The van der Waals surface area contributed by atoms with Crippen molar-refractivity contribution in [1.82, 2.24) is 9.78 Å². The molecule has 0 radical (unpaired) electrons. The van der Waals surface area contributed by atoms with Gasteiger partial charge in [0.2, 0.25) is 0 Å². The minimum atomic E-state index is -0.843. The van der Waals surface area contributed by atoms with E-state index in [-0.39, 0.29) is 11.2 Å².